The first kappa shape index (κ1) is 19.2. The molecule has 0 N–H and O–H groups in total. The third-order valence-electron chi connectivity index (χ3n) is 4.45. The van der Waals surface area contributed by atoms with Gasteiger partial charge in [0.05, 0.1) is 11.8 Å². The largest absolute Gasteiger partial charge is 0.484 e. The van der Waals surface area contributed by atoms with Crippen LogP contribution < -0.4 is 9.64 Å². The summed E-state index contributed by atoms with van der Waals surface area (Å²) in [5.41, 5.74) is 1.81. The molecule has 1 aliphatic heterocycles. The zero-order chi connectivity index (χ0) is 19.4. The van der Waals surface area contributed by atoms with Crippen molar-refractivity contribution in [1.82, 2.24) is 0 Å². The molecule has 1 amide bonds. The van der Waals surface area contributed by atoms with Crippen molar-refractivity contribution in [2.75, 3.05) is 17.3 Å². The first-order valence-electron chi connectivity index (χ1n) is 8.86. The summed E-state index contributed by atoms with van der Waals surface area (Å²) < 4.78 is 29.3. The lowest BCUT2D eigenvalue weighted by atomic mass is 10.0. The first-order valence-corrected chi connectivity index (χ1v) is 10.6. The second-order valence-electron chi connectivity index (χ2n) is 6.84. The van der Waals surface area contributed by atoms with Crippen LogP contribution in [0.3, 0.4) is 0 Å². The number of ether oxygens (including phenoxy) is 1. The van der Waals surface area contributed by atoms with Crippen LogP contribution in [0.2, 0.25) is 0 Å². The highest BCUT2D eigenvalue weighted by atomic mass is 32.2. The van der Waals surface area contributed by atoms with Crippen molar-refractivity contribution in [3.05, 3.63) is 71.6 Å². The Morgan fingerprint density at radius 3 is 2.33 bits per heavy atom. The second-order valence-corrected chi connectivity index (χ2v) is 8.77. The van der Waals surface area contributed by atoms with Crippen molar-refractivity contribution in [3.8, 4) is 5.75 Å². The predicted octanol–water partition coefficient (Wildman–Crippen LogP) is 3.53. The molecule has 0 aliphatic carbocycles. The van der Waals surface area contributed by atoms with E-state index in [-0.39, 0.29) is 18.3 Å². The van der Waals surface area contributed by atoms with Crippen LogP contribution in [0.1, 0.15) is 25.3 Å². The first-order chi connectivity index (χ1) is 12.9. The number of benzene rings is 2. The molecule has 6 heteroatoms. The van der Waals surface area contributed by atoms with Gasteiger partial charge in [-0.2, -0.15) is 0 Å². The molecule has 2 aromatic carbocycles. The molecular formula is C21H23NO4S. The topological polar surface area (TPSA) is 63.7 Å². The summed E-state index contributed by atoms with van der Waals surface area (Å²) in [5.74, 6) is 0.561. The summed E-state index contributed by atoms with van der Waals surface area (Å²) in [7, 11) is -3.29. The number of hydrogen-bond donors (Lipinski definition) is 0. The Balaban J connectivity index is 1.83. The van der Waals surface area contributed by atoms with Gasteiger partial charge in [0.15, 0.2) is 16.4 Å². The quantitative estimate of drug-likeness (QED) is 0.763. The molecule has 2 aromatic rings. The lowest BCUT2D eigenvalue weighted by Gasteiger charge is -2.28. The SMILES string of the molecule is CC(C)c1ccc(N(C(=O)COc2ccccc2)C2C=CS(=O)(=O)C2)cc1. The van der Waals surface area contributed by atoms with E-state index in [1.54, 1.807) is 18.2 Å². The number of sulfone groups is 1. The predicted molar refractivity (Wildman–Crippen MR) is 107 cm³/mol. The van der Waals surface area contributed by atoms with Gasteiger partial charge in [-0.05, 0) is 41.8 Å². The summed E-state index contributed by atoms with van der Waals surface area (Å²) in [4.78, 5) is 14.4. The third kappa shape index (κ3) is 4.77. The number of anilines is 1. The Bertz CT molecular complexity index is 918. The highest BCUT2D eigenvalue weighted by Gasteiger charge is 2.31. The van der Waals surface area contributed by atoms with Gasteiger partial charge in [-0.3, -0.25) is 4.79 Å². The Labute approximate surface area is 160 Å². The van der Waals surface area contributed by atoms with E-state index in [0.717, 1.165) is 5.56 Å². The van der Waals surface area contributed by atoms with Crippen LogP contribution in [0.5, 0.6) is 5.75 Å². The van der Waals surface area contributed by atoms with Crippen molar-refractivity contribution in [1.29, 1.82) is 0 Å². The molecule has 0 bridgehead atoms. The molecular weight excluding hydrogens is 362 g/mol. The summed E-state index contributed by atoms with van der Waals surface area (Å²) in [6.45, 7) is 4.02. The molecule has 0 saturated carbocycles. The highest BCUT2D eigenvalue weighted by molar-refractivity contribution is 7.94. The number of amides is 1. The van der Waals surface area contributed by atoms with Gasteiger partial charge in [0.25, 0.3) is 5.91 Å². The standard InChI is InChI=1S/C21H23NO4S/c1-16(2)17-8-10-18(11-9-17)22(19-12-13-27(24,25)15-19)21(23)14-26-20-6-4-3-5-7-20/h3-13,16,19H,14-15H2,1-2H3. The lowest BCUT2D eigenvalue weighted by molar-refractivity contribution is -0.120. The van der Waals surface area contributed by atoms with Crippen LogP contribution in [0.4, 0.5) is 5.69 Å². The molecule has 0 saturated heterocycles. The minimum Gasteiger partial charge on any atom is -0.484 e. The van der Waals surface area contributed by atoms with E-state index >= 15 is 0 Å². The van der Waals surface area contributed by atoms with Crippen LogP contribution in [-0.2, 0) is 14.6 Å². The average Bonchev–Trinajstić information content (AvgIpc) is 3.01. The van der Waals surface area contributed by atoms with E-state index < -0.39 is 15.9 Å². The van der Waals surface area contributed by atoms with Crippen LogP contribution in [0.25, 0.3) is 0 Å². The lowest BCUT2D eigenvalue weighted by Crippen LogP contribution is -2.43. The van der Waals surface area contributed by atoms with Gasteiger partial charge >= 0.3 is 0 Å². The van der Waals surface area contributed by atoms with Crippen molar-refractivity contribution >= 4 is 21.4 Å². The van der Waals surface area contributed by atoms with Gasteiger partial charge in [-0.1, -0.05) is 44.2 Å². The normalized spacial score (nSPS) is 17.8. The molecule has 0 radical (unpaired) electrons. The number of carbonyl (C=O) groups excluding carboxylic acids is 1. The summed E-state index contributed by atoms with van der Waals surface area (Å²) in [6.07, 6.45) is 1.56. The Kier molecular flexibility index (Phi) is 5.65. The fraction of sp³-hybridized carbons (Fsp3) is 0.286. The monoisotopic (exact) mass is 385 g/mol. The Hall–Kier alpha value is -2.60. The fourth-order valence-corrected chi connectivity index (χ4v) is 4.26. The fourth-order valence-electron chi connectivity index (χ4n) is 2.99. The van der Waals surface area contributed by atoms with Crippen LogP contribution in [-0.4, -0.2) is 32.7 Å². The molecule has 142 valence electrons. The maximum absolute atomic E-state index is 12.9. The summed E-state index contributed by atoms with van der Waals surface area (Å²) >= 11 is 0. The zero-order valence-electron chi connectivity index (χ0n) is 15.4. The minimum absolute atomic E-state index is 0.115. The van der Waals surface area contributed by atoms with E-state index in [2.05, 4.69) is 13.8 Å². The summed E-state index contributed by atoms with van der Waals surface area (Å²) in [5, 5.41) is 1.18. The highest BCUT2D eigenvalue weighted by Crippen LogP contribution is 2.25. The molecule has 0 spiro atoms. The van der Waals surface area contributed by atoms with Gasteiger partial charge in [-0.15, -0.1) is 0 Å². The van der Waals surface area contributed by atoms with Gasteiger partial charge in [-0.25, -0.2) is 8.42 Å². The smallest absolute Gasteiger partial charge is 0.265 e. The molecule has 27 heavy (non-hydrogen) atoms. The number of hydrogen-bond acceptors (Lipinski definition) is 4. The van der Waals surface area contributed by atoms with Crippen molar-refractivity contribution in [2.24, 2.45) is 0 Å². The number of carbonyl (C=O) groups is 1. The van der Waals surface area contributed by atoms with Crippen LogP contribution in [0.15, 0.2) is 66.1 Å². The molecule has 1 unspecified atom stereocenters. The van der Waals surface area contributed by atoms with Crippen molar-refractivity contribution in [3.63, 3.8) is 0 Å². The third-order valence-corrected chi connectivity index (χ3v) is 5.83. The van der Waals surface area contributed by atoms with Gasteiger partial charge < -0.3 is 9.64 Å². The van der Waals surface area contributed by atoms with E-state index in [9.17, 15) is 13.2 Å². The van der Waals surface area contributed by atoms with Crippen LogP contribution in [0, 0.1) is 0 Å². The maximum atomic E-state index is 12.9. The van der Waals surface area contributed by atoms with Gasteiger partial charge in [0.2, 0.25) is 0 Å². The van der Waals surface area contributed by atoms with Gasteiger partial charge in [0, 0.05) is 11.1 Å². The molecule has 1 atom stereocenters. The number of rotatable bonds is 6. The maximum Gasteiger partial charge on any atom is 0.265 e. The van der Waals surface area contributed by atoms with Crippen molar-refractivity contribution < 1.29 is 17.9 Å². The van der Waals surface area contributed by atoms with Gasteiger partial charge in [0.1, 0.15) is 5.75 Å². The van der Waals surface area contributed by atoms with Crippen LogP contribution >= 0.6 is 0 Å². The number of nitrogens with zero attached hydrogens (tertiary/aromatic N) is 1. The van der Waals surface area contributed by atoms with Crippen molar-refractivity contribution in [2.45, 2.75) is 25.8 Å². The Morgan fingerprint density at radius 2 is 1.78 bits per heavy atom. The van der Waals surface area contributed by atoms with E-state index in [0.29, 0.717) is 17.4 Å². The second kappa shape index (κ2) is 7.96. The zero-order valence-corrected chi connectivity index (χ0v) is 16.2. The number of para-hydroxylation sites is 1. The molecule has 1 aliphatic rings. The minimum atomic E-state index is -3.29. The summed E-state index contributed by atoms with van der Waals surface area (Å²) in [6, 6.07) is 16.2. The molecule has 5 nitrogen and oxygen atoms in total. The molecule has 1 heterocycles. The Morgan fingerprint density at radius 1 is 1.11 bits per heavy atom. The van der Waals surface area contributed by atoms with E-state index in [4.69, 9.17) is 4.74 Å². The molecule has 0 fully saturated rings. The van der Waals surface area contributed by atoms with E-state index in [1.165, 1.54) is 10.3 Å². The molecule has 3 rings (SSSR count). The average molecular weight is 385 g/mol. The van der Waals surface area contributed by atoms with E-state index in [1.807, 2.05) is 42.5 Å². The molecule has 0 aromatic heterocycles.